The zero-order chi connectivity index (χ0) is 14.5. The third-order valence-corrected chi connectivity index (χ3v) is 4.48. The van der Waals surface area contributed by atoms with Gasteiger partial charge in [-0.25, -0.2) is 0 Å². The molecule has 0 aliphatic heterocycles. The van der Waals surface area contributed by atoms with Gasteiger partial charge in [-0.15, -0.1) is 11.8 Å². The molecule has 0 aliphatic rings. The van der Waals surface area contributed by atoms with Gasteiger partial charge in [0.25, 0.3) is 0 Å². The number of halogens is 2. The van der Waals surface area contributed by atoms with Gasteiger partial charge < -0.3 is 5.32 Å². The van der Waals surface area contributed by atoms with Crippen molar-refractivity contribution in [1.82, 2.24) is 0 Å². The average molecular weight is 326 g/mol. The van der Waals surface area contributed by atoms with Gasteiger partial charge in [-0.3, -0.25) is 0 Å². The maximum Gasteiger partial charge on any atom is 0.0525 e. The Bertz CT molecular complexity index is 569. The molecule has 0 spiro atoms. The van der Waals surface area contributed by atoms with Crippen molar-refractivity contribution in [2.45, 2.75) is 24.3 Å². The molecule has 20 heavy (non-hydrogen) atoms. The van der Waals surface area contributed by atoms with Gasteiger partial charge >= 0.3 is 0 Å². The molecule has 1 nitrogen and oxygen atoms in total. The fourth-order valence-electron chi connectivity index (χ4n) is 2.07. The Morgan fingerprint density at radius 3 is 2.35 bits per heavy atom. The summed E-state index contributed by atoms with van der Waals surface area (Å²) in [5, 5.41) is 4.89. The summed E-state index contributed by atoms with van der Waals surface area (Å²) in [6, 6.07) is 14.3. The largest absolute Gasteiger partial charge is 0.378 e. The van der Waals surface area contributed by atoms with E-state index in [9.17, 15) is 0 Å². The highest BCUT2D eigenvalue weighted by atomic mass is 35.5. The summed E-state index contributed by atoms with van der Waals surface area (Å²) in [6.45, 7) is 2.14. The van der Waals surface area contributed by atoms with E-state index in [0.29, 0.717) is 10.0 Å². The summed E-state index contributed by atoms with van der Waals surface area (Å²) in [5.41, 5.74) is 2.17. The molecule has 1 atom stereocenters. The number of hydrogen-bond donors (Lipinski definition) is 1. The molecule has 4 heteroatoms. The van der Waals surface area contributed by atoms with E-state index in [1.54, 1.807) is 17.8 Å². The molecular formula is C16H17Cl2NS. The third kappa shape index (κ3) is 3.85. The van der Waals surface area contributed by atoms with Gasteiger partial charge in [0.2, 0.25) is 0 Å². The van der Waals surface area contributed by atoms with Crippen molar-refractivity contribution in [3.05, 3.63) is 58.1 Å². The van der Waals surface area contributed by atoms with E-state index in [1.165, 1.54) is 4.90 Å². The van der Waals surface area contributed by atoms with Gasteiger partial charge in [-0.2, -0.15) is 0 Å². The lowest BCUT2D eigenvalue weighted by Crippen LogP contribution is -2.10. The highest BCUT2D eigenvalue weighted by Crippen LogP contribution is 2.31. The van der Waals surface area contributed by atoms with E-state index in [-0.39, 0.29) is 6.04 Å². The highest BCUT2D eigenvalue weighted by molar-refractivity contribution is 7.98. The summed E-state index contributed by atoms with van der Waals surface area (Å²) < 4.78 is 0. The van der Waals surface area contributed by atoms with Gasteiger partial charge in [-0.1, -0.05) is 36.2 Å². The predicted molar refractivity (Wildman–Crippen MR) is 91.3 cm³/mol. The smallest absolute Gasteiger partial charge is 0.0525 e. The number of thioether (sulfide) groups is 1. The van der Waals surface area contributed by atoms with Gasteiger partial charge in [0.1, 0.15) is 0 Å². The molecule has 0 bridgehead atoms. The summed E-state index contributed by atoms with van der Waals surface area (Å²) in [4.78, 5) is 1.26. The molecule has 1 unspecified atom stereocenters. The maximum absolute atomic E-state index is 6.29. The Labute approximate surface area is 134 Å². The molecule has 0 fully saturated rings. The molecule has 1 N–H and O–H groups in total. The minimum atomic E-state index is 0.180. The lowest BCUT2D eigenvalue weighted by atomic mass is 10.0. The first-order valence-electron chi connectivity index (χ1n) is 6.49. The van der Waals surface area contributed by atoms with Crippen molar-refractivity contribution in [2.24, 2.45) is 0 Å². The van der Waals surface area contributed by atoms with E-state index in [1.807, 2.05) is 12.1 Å². The summed E-state index contributed by atoms with van der Waals surface area (Å²) >= 11 is 14.0. The zero-order valence-corrected chi connectivity index (χ0v) is 13.8. The SMILES string of the molecule is CCC(Nc1ccc(SC)cc1)c1ccc(Cl)cc1Cl. The number of nitrogens with one attached hydrogen (secondary N) is 1. The number of hydrogen-bond acceptors (Lipinski definition) is 2. The maximum atomic E-state index is 6.29. The molecule has 0 aromatic heterocycles. The molecule has 2 aromatic rings. The fourth-order valence-corrected chi connectivity index (χ4v) is 3.02. The van der Waals surface area contributed by atoms with Crippen molar-refractivity contribution < 1.29 is 0 Å². The molecule has 0 radical (unpaired) electrons. The van der Waals surface area contributed by atoms with E-state index < -0.39 is 0 Å². The van der Waals surface area contributed by atoms with Gasteiger partial charge in [0.05, 0.1) is 6.04 Å². The van der Waals surface area contributed by atoms with Crippen LogP contribution in [0.15, 0.2) is 47.4 Å². The molecule has 0 aliphatic carbocycles. The second-order valence-corrected chi connectivity index (χ2v) is 6.22. The first kappa shape index (κ1) is 15.6. The van der Waals surface area contributed by atoms with Gasteiger partial charge in [-0.05, 0) is 54.6 Å². The molecule has 0 saturated carbocycles. The zero-order valence-electron chi connectivity index (χ0n) is 11.5. The molecule has 2 aromatic carbocycles. The van der Waals surface area contributed by atoms with E-state index in [0.717, 1.165) is 17.7 Å². The lowest BCUT2D eigenvalue weighted by molar-refractivity contribution is 0.749. The van der Waals surface area contributed by atoms with E-state index >= 15 is 0 Å². The highest BCUT2D eigenvalue weighted by Gasteiger charge is 2.13. The molecule has 0 amide bonds. The average Bonchev–Trinajstić information content (AvgIpc) is 2.46. The Morgan fingerprint density at radius 1 is 1.10 bits per heavy atom. The summed E-state index contributed by atoms with van der Waals surface area (Å²) in [5.74, 6) is 0. The van der Waals surface area contributed by atoms with Crippen molar-refractivity contribution in [3.8, 4) is 0 Å². The number of anilines is 1. The van der Waals surface area contributed by atoms with Crippen molar-refractivity contribution in [2.75, 3.05) is 11.6 Å². The molecule has 0 saturated heterocycles. The van der Waals surface area contributed by atoms with Crippen LogP contribution < -0.4 is 5.32 Å². The van der Waals surface area contributed by atoms with Crippen LogP contribution in [0.4, 0.5) is 5.69 Å². The van der Waals surface area contributed by atoms with Crippen molar-refractivity contribution >= 4 is 40.7 Å². The van der Waals surface area contributed by atoms with Crippen molar-refractivity contribution in [1.29, 1.82) is 0 Å². The topological polar surface area (TPSA) is 12.0 Å². The number of benzene rings is 2. The first-order valence-corrected chi connectivity index (χ1v) is 8.47. The summed E-state index contributed by atoms with van der Waals surface area (Å²) in [7, 11) is 0. The van der Waals surface area contributed by atoms with Crippen LogP contribution in [-0.2, 0) is 0 Å². The number of rotatable bonds is 5. The van der Waals surface area contributed by atoms with Crippen LogP contribution in [0, 0.1) is 0 Å². The van der Waals surface area contributed by atoms with Crippen molar-refractivity contribution in [3.63, 3.8) is 0 Å². The molecule has 106 valence electrons. The molecule has 2 rings (SSSR count). The third-order valence-electron chi connectivity index (χ3n) is 3.18. The summed E-state index contributed by atoms with van der Waals surface area (Å²) in [6.07, 6.45) is 3.02. The van der Waals surface area contributed by atoms with Gasteiger partial charge in [0.15, 0.2) is 0 Å². The van der Waals surface area contributed by atoms with Crippen LogP contribution in [0.2, 0.25) is 10.0 Å². The second-order valence-electron chi connectivity index (χ2n) is 4.50. The minimum absolute atomic E-state index is 0.180. The lowest BCUT2D eigenvalue weighted by Gasteiger charge is -2.20. The Hall–Kier alpha value is -0.830. The Balaban J connectivity index is 2.19. The van der Waals surface area contributed by atoms with E-state index in [2.05, 4.69) is 42.8 Å². The predicted octanol–water partition coefficient (Wildman–Crippen LogP) is 6.28. The van der Waals surface area contributed by atoms with Crippen LogP contribution in [0.5, 0.6) is 0 Å². The quantitative estimate of drug-likeness (QED) is 0.649. The van der Waals surface area contributed by atoms with Crippen LogP contribution in [0.25, 0.3) is 0 Å². The fraction of sp³-hybridized carbons (Fsp3) is 0.250. The van der Waals surface area contributed by atoms with Crippen LogP contribution in [-0.4, -0.2) is 6.26 Å². The standard InChI is InChI=1S/C16H17Cl2NS/c1-3-16(14-9-4-11(17)10-15(14)18)19-12-5-7-13(20-2)8-6-12/h4-10,16,19H,3H2,1-2H3. The molecule has 0 heterocycles. The Morgan fingerprint density at radius 2 is 1.80 bits per heavy atom. The minimum Gasteiger partial charge on any atom is -0.378 e. The van der Waals surface area contributed by atoms with Crippen LogP contribution in [0.1, 0.15) is 24.9 Å². The van der Waals surface area contributed by atoms with Gasteiger partial charge in [0, 0.05) is 20.6 Å². The first-order chi connectivity index (χ1) is 9.63. The van der Waals surface area contributed by atoms with Crippen LogP contribution >= 0.6 is 35.0 Å². The van der Waals surface area contributed by atoms with Crippen LogP contribution in [0.3, 0.4) is 0 Å². The second kappa shape index (κ2) is 7.26. The van der Waals surface area contributed by atoms with E-state index in [4.69, 9.17) is 23.2 Å². The molecular weight excluding hydrogens is 309 g/mol. The Kier molecular flexibility index (Phi) is 5.64. The monoisotopic (exact) mass is 325 g/mol. The normalized spacial score (nSPS) is 12.2.